The smallest absolute Gasteiger partial charge is 0.257 e. The van der Waals surface area contributed by atoms with Gasteiger partial charge in [0.2, 0.25) is 0 Å². The van der Waals surface area contributed by atoms with Crippen LogP contribution >= 0.6 is 12.2 Å². The average Bonchev–Trinajstić information content (AvgIpc) is 2.80. The van der Waals surface area contributed by atoms with Gasteiger partial charge >= 0.3 is 0 Å². The fraction of sp³-hybridized carbons (Fsp3) is 0.438. The number of hydrogen-bond acceptors (Lipinski definition) is 5. The van der Waals surface area contributed by atoms with Gasteiger partial charge in [0.15, 0.2) is 23.2 Å². The molecule has 2 N–H and O–H groups in total. The van der Waals surface area contributed by atoms with Gasteiger partial charge in [0.05, 0.1) is 13.7 Å². The lowest BCUT2D eigenvalue weighted by Crippen LogP contribution is -2.30. The number of ether oxygens (including phenoxy) is 2. The van der Waals surface area contributed by atoms with Crippen molar-refractivity contribution >= 4 is 29.1 Å². The van der Waals surface area contributed by atoms with Gasteiger partial charge in [-0.15, -0.1) is 0 Å². The first-order valence-corrected chi connectivity index (χ1v) is 8.05. The maximum atomic E-state index is 12.1. The van der Waals surface area contributed by atoms with Crippen LogP contribution in [-0.4, -0.2) is 48.1 Å². The lowest BCUT2D eigenvalue weighted by Gasteiger charge is -2.16. The standard InChI is InChI=1S/C16H21N3O4S/c1-4-17-14(20)9-23-12-6-5-11(7-13(12)22-3)8-19-15(21)10(2)18-16(19)24/h5-7,10H,4,8-9H2,1-3H3,(H,17,20)(H,18,24)/t10-/m1/s1. The molecule has 1 atom stereocenters. The van der Waals surface area contributed by atoms with Gasteiger partial charge in [0.25, 0.3) is 11.8 Å². The number of carbonyl (C=O) groups excluding carboxylic acids is 2. The van der Waals surface area contributed by atoms with Crippen LogP contribution in [0.25, 0.3) is 0 Å². The highest BCUT2D eigenvalue weighted by Gasteiger charge is 2.32. The van der Waals surface area contributed by atoms with Crippen LogP contribution in [0.5, 0.6) is 11.5 Å². The molecule has 7 nitrogen and oxygen atoms in total. The highest BCUT2D eigenvalue weighted by Crippen LogP contribution is 2.29. The molecule has 1 aromatic rings. The lowest BCUT2D eigenvalue weighted by atomic mass is 10.2. The first-order chi connectivity index (χ1) is 11.5. The normalized spacial score (nSPS) is 16.8. The van der Waals surface area contributed by atoms with E-state index in [1.807, 2.05) is 13.0 Å². The van der Waals surface area contributed by atoms with E-state index in [0.717, 1.165) is 5.56 Å². The SMILES string of the molecule is CCNC(=O)COc1ccc(CN2C(=O)[C@@H](C)NC2=S)cc1OC. The van der Waals surface area contributed by atoms with E-state index in [0.29, 0.717) is 29.7 Å². The number of hydrogen-bond donors (Lipinski definition) is 2. The number of benzene rings is 1. The maximum absolute atomic E-state index is 12.1. The fourth-order valence-corrected chi connectivity index (χ4v) is 2.64. The van der Waals surface area contributed by atoms with Crippen molar-refractivity contribution in [2.24, 2.45) is 0 Å². The molecule has 2 rings (SSSR count). The number of methoxy groups -OCH3 is 1. The predicted octanol–water partition coefficient (Wildman–Crippen LogP) is 0.815. The molecule has 1 aromatic carbocycles. The summed E-state index contributed by atoms with van der Waals surface area (Å²) in [5.74, 6) is 0.705. The van der Waals surface area contributed by atoms with Crippen molar-refractivity contribution in [1.82, 2.24) is 15.5 Å². The molecular formula is C16H21N3O4S. The van der Waals surface area contributed by atoms with Crippen LogP contribution in [0.15, 0.2) is 18.2 Å². The summed E-state index contributed by atoms with van der Waals surface area (Å²) in [4.78, 5) is 25.0. The van der Waals surface area contributed by atoms with E-state index >= 15 is 0 Å². The van der Waals surface area contributed by atoms with E-state index in [9.17, 15) is 9.59 Å². The van der Waals surface area contributed by atoms with Crippen molar-refractivity contribution in [3.63, 3.8) is 0 Å². The van der Waals surface area contributed by atoms with Crippen LogP contribution in [-0.2, 0) is 16.1 Å². The molecule has 0 saturated carbocycles. The molecule has 130 valence electrons. The number of amides is 2. The number of carbonyl (C=O) groups is 2. The van der Waals surface area contributed by atoms with Crippen molar-refractivity contribution in [1.29, 1.82) is 0 Å². The molecule has 1 saturated heterocycles. The molecule has 1 aliphatic rings. The van der Waals surface area contributed by atoms with Crippen molar-refractivity contribution in [3.05, 3.63) is 23.8 Å². The summed E-state index contributed by atoms with van der Waals surface area (Å²) in [6.45, 7) is 4.43. The molecule has 0 spiro atoms. The van der Waals surface area contributed by atoms with Gasteiger partial charge < -0.3 is 20.1 Å². The predicted molar refractivity (Wildman–Crippen MR) is 92.9 cm³/mol. The molecule has 0 aromatic heterocycles. The topological polar surface area (TPSA) is 79.9 Å². The second kappa shape index (κ2) is 7.96. The summed E-state index contributed by atoms with van der Waals surface area (Å²) < 4.78 is 10.8. The second-order valence-electron chi connectivity index (χ2n) is 5.32. The minimum atomic E-state index is -0.306. The zero-order valence-corrected chi connectivity index (χ0v) is 14.7. The van der Waals surface area contributed by atoms with E-state index in [1.54, 1.807) is 19.1 Å². The molecular weight excluding hydrogens is 330 g/mol. The van der Waals surface area contributed by atoms with Gasteiger partial charge in [-0.3, -0.25) is 14.5 Å². The number of rotatable bonds is 7. The van der Waals surface area contributed by atoms with Crippen LogP contribution in [0.1, 0.15) is 19.4 Å². The highest BCUT2D eigenvalue weighted by molar-refractivity contribution is 7.80. The Hall–Kier alpha value is -2.35. The quantitative estimate of drug-likeness (QED) is 0.708. The minimum absolute atomic E-state index is 0.0597. The third-order valence-electron chi connectivity index (χ3n) is 3.52. The van der Waals surface area contributed by atoms with Crippen LogP contribution in [0.4, 0.5) is 0 Å². The van der Waals surface area contributed by atoms with Gasteiger partial charge in [-0.1, -0.05) is 6.07 Å². The molecule has 0 unspecified atom stereocenters. The van der Waals surface area contributed by atoms with Crippen molar-refractivity contribution < 1.29 is 19.1 Å². The van der Waals surface area contributed by atoms with Crippen LogP contribution in [0.2, 0.25) is 0 Å². The van der Waals surface area contributed by atoms with E-state index < -0.39 is 0 Å². The molecule has 1 heterocycles. The Bertz CT molecular complexity index is 650. The number of nitrogens with one attached hydrogen (secondary N) is 2. The molecule has 8 heteroatoms. The highest BCUT2D eigenvalue weighted by atomic mass is 32.1. The van der Waals surface area contributed by atoms with Crippen molar-refractivity contribution in [3.8, 4) is 11.5 Å². The lowest BCUT2D eigenvalue weighted by molar-refractivity contribution is -0.127. The number of thiocarbonyl (C=S) groups is 1. The van der Waals surface area contributed by atoms with Gasteiger partial charge in [0.1, 0.15) is 6.04 Å². The maximum Gasteiger partial charge on any atom is 0.257 e. The van der Waals surface area contributed by atoms with Crippen molar-refractivity contribution in [2.75, 3.05) is 20.3 Å². The number of nitrogens with zero attached hydrogens (tertiary/aromatic N) is 1. The first-order valence-electron chi connectivity index (χ1n) is 7.64. The second-order valence-corrected chi connectivity index (χ2v) is 5.71. The molecule has 2 amide bonds. The first kappa shape index (κ1) is 18.0. The number of likely N-dealkylation sites (N-methyl/N-ethyl adjacent to an activating group) is 1. The largest absolute Gasteiger partial charge is 0.493 e. The fourth-order valence-electron chi connectivity index (χ4n) is 2.31. The Balaban J connectivity index is 2.07. The van der Waals surface area contributed by atoms with E-state index in [1.165, 1.54) is 12.0 Å². The van der Waals surface area contributed by atoms with Crippen LogP contribution in [0, 0.1) is 0 Å². The molecule has 1 aliphatic heterocycles. The Morgan fingerprint density at radius 2 is 2.17 bits per heavy atom. The van der Waals surface area contributed by atoms with Crippen molar-refractivity contribution in [2.45, 2.75) is 26.4 Å². The molecule has 0 bridgehead atoms. The zero-order chi connectivity index (χ0) is 17.7. The molecule has 1 fully saturated rings. The Morgan fingerprint density at radius 1 is 1.42 bits per heavy atom. The van der Waals surface area contributed by atoms with Crippen LogP contribution in [0.3, 0.4) is 0 Å². The van der Waals surface area contributed by atoms with E-state index in [2.05, 4.69) is 10.6 Å². The zero-order valence-electron chi connectivity index (χ0n) is 13.9. The molecule has 0 radical (unpaired) electrons. The third kappa shape index (κ3) is 4.14. The van der Waals surface area contributed by atoms with Crippen LogP contribution < -0.4 is 20.1 Å². The third-order valence-corrected chi connectivity index (χ3v) is 3.86. The Morgan fingerprint density at radius 3 is 2.75 bits per heavy atom. The van der Waals surface area contributed by atoms with E-state index in [4.69, 9.17) is 21.7 Å². The summed E-state index contributed by atoms with van der Waals surface area (Å²) in [6, 6.07) is 4.99. The minimum Gasteiger partial charge on any atom is -0.493 e. The van der Waals surface area contributed by atoms with Gasteiger partial charge in [-0.25, -0.2) is 0 Å². The summed E-state index contributed by atoms with van der Waals surface area (Å²) in [7, 11) is 1.52. The Labute approximate surface area is 146 Å². The van der Waals surface area contributed by atoms with E-state index in [-0.39, 0.29) is 24.5 Å². The summed E-state index contributed by atoms with van der Waals surface area (Å²) in [5, 5.41) is 6.00. The molecule has 0 aliphatic carbocycles. The van der Waals surface area contributed by atoms with Gasteiger partial charge in [0, 0.05) is 6.54 Å². The van der Waals surface area contributed by atoms with Gasteiger partial charge in [-0.05, 0) is 43.8 Å². The summed E-state index contributed by atoms with van der Waals surface area (Å²) in [5.41, 5.74) is 0.851. The monoisotopic (exact) mass is 351 g/mol. The summed E-state index contributed by atoms with van der Waals surface area (Å²) in [6.07, 6.45) is 0. The molecule has 24 heavy (non-hydrogen) atoms. The average molecular weight is 351 g/mol. The summed E-state index contributed by atoms with van der Waals surface area (Å²) >= 11 is 5.17. The Kier molecular flexibility index (Phi) is 5.97. The van der Waals surface area contributed by atoms with Gasteiger partial charge in [-0.2, -0.15) is 0 Å².